The van der Waals surface area contributed by atoms with E-state index in [1.54, 1.807) is 6.20 Å². The van der Waals surface area contributed by atoms with Crippen LogP contribution >= 0.6 is 0 Å². The molecule has 3 aromatic rings. The number of hydrogen-bond donors (Lipinski definition) is 1. The maximum Gasteiger partial charge on any atom is 0.182 e. The number of imidazole rings is 1. The van der Waals surface area contributed by atoms with Gasteiger partial charge in [0.25, 0.3) is 0 Å². The normalized spacial score (nSPS) is 10.5. The number of aryl methyl sites for hydroxylation is 2. The van der Waals surface area contributed by atoms with Crippen LogP contribution in [0.2, 0.25) is 0 Å². The molecule has 0 fully saturated rings. The van der Waals surface area contributed by atoms with Crippen molar-refractivity contribution in [2.75, 3.05) is 5.32 Å². The Morgan fingerprint density at radius 3 is 2.86 bits per heavy atom. The SMILES string of the molecule is Cc1cccc2nc(CNc3nccnc3C#N)n(C)c12. The summed E-state index contributed by atoms with van der Waals surface area (Å²) >= 11 is 0. The minimum absolute atomic E-state index is 0.285. The van der Waals surface area contributed by atoms with Gasteiger partial charge in [-0.2, -0.15) is 5.26 Å². The maximum absolute atomic E-state index is 9.01. The van der Waals surface area contributed by atoms with Gasteiger partial charge in [-0.3, -0.25) is 0 Å². The number of rotatable bonds is 3. The third kappa shape index (κ3) is 2.30. The van der Waals surface area contributed by atoms with Crippen molar-refractivity contribution >= 4 is 16.9 Å². The Balaban J connectivity index is 1.91. The van der Waals surface area contributed by atoms with Crippen molar-refractivity contribution < 1.29 is 0 Å². The van der Waals surface area contributed by atoms with Crippen LogP contribution < -0.4 is 5.32 Å². The smallest absolute Gasteiger partial charge is 0.182 e. The van der Waals surface area contributed by atoms with Crippen LogP contribution in [0.3, 0.4) is 0 Å². The van der Waals surface area contributed by atoms with Crippen molar-refractivity contribution in [1.29, 1.82) is 5.26 Å². The first-order valence-electron chi connectivity index (χ1n) is 6.56. The number of fused-ring (bicyclic) bond motifs is 1. The van der Waals surface area contributed by atoms with Crippen LogP contribution in [0.25, 0.3) is 11.0 Å². The Bertz CT molecular complexity index is 843. The lowest BCUT2D eigenvalue weighted by atomic mass is 10.2. The second kappa shape index (κ2) is 5.21. The molecule has 0 spiro atoms. The molecular weight excluding hydrogens is 264 g/mol. The van der Waals surface area contributed by atoms with Crippen LogP contribution in [-0.2, 0) is 13.6 Å². The van der Waals surface area contributed by atoms with Gasteiger partial charge in [0.05, 0.1) is 17.6 Å². The molecule has 0 aliphatic heterocycles. The minimum Gasteiger partial charge on any atom is -0.360 e. The second-order valence-electron chi connectivity index (χ2n) is 4.75. The zero-order valence-electron chi connectivity index (χ0n) is 11.8. The highest BCUT2D eigenvalue weighted by Crippen LogP contribution is 2.19. The Kier molecular flexibility index (Phi) is 3.24. The monoisotopic (exact) mass is 278 g/mol. The number of benzene rings is 1. The van der Waals surface area contributed by atoms with Gasteiger partial charge in [0, 0.05) is 19.4 Å². The van der Waals surface area contributed by atoms with Gasteiger partial charge in [-0.1, -0.05) is 12.1 Å². The fourth-order valence-electron chi connectivity index (χ4n) is 2.38. The number of para-hydroxylation sites is 1. The van der Waals surface area contributed by atoms with E-state index in [1.165, 1.54) is 11.8 Å². The van der Waals surface area contributed by atoms with Crippen LogP contribution in [0.15, 0.2) is 30.6 Å². The first-order valence-corrected chi connectivity index (χ1v) is 6.56. The predicted octanol–water partition coefficient (Wildman–Crippen LogP) is 2.16. The predicted molar refractivity (Wildman–Crippen MR) is 79.5 cm³/mol. The molecule has 104 valence electrons. The molecule has 2 heterocycles. The van der Waals surface area contributed by atoms with Crippen molar-refractivity contribution in [3.63, 3.8) is 0 Å². The van der Waals surface area contributed by atoms with Crippen molar-refractivity contribution in [3.05, 3.63) is 47.7 Å². The number of hydrogen-bond acceptors (Lipinski definition) is 5. The van der Waals surface area contributed by atoms with Gasteiger partial charge in [0.15, 0.2) is 11.5 Å². The summed E-state index contributed by atoms with van der Waals surface area (Å²) < 4.78 is 2.06. The standard InChI is InChI=1S/C15H14N6/c1-10-4-3-5-11-14(10)21(2)13(20-11)9-19-15-12(8-16)17-6-7-18-15/h3-7H,9H2,1-2H3,(H,18,19). The molecule has 3 rings (SSSR count). The first kappa shape index (κ1) is 13.1. The summed E-state index contributed by atoms with van der Waals surface area (Å²) in [4.78, 5) is 12.7. The fourth-order valence-corrected chi connectivity index (χ4v) is 2.38. The van der Waals surface area contributed by atoms with E-state index in [0.29, 0.717) is 12.4 Å². The molecule has 0 aliphatic rings. The molecule has 21 heavy (non-hydrogen) atoms. The summed E-state index contributed by atoms with van der Waals surface area (Å²) in [5.74, 6) is 1.36. The third-order valence-corrected chi connectivity index (χ3v) is 3.41. The zero-order valence-corrected chi connectivity index (χ0v) is 11.8. The highest BCUT2D eigenvalue weighted by molar-refractivity contribution is 5.79. The molecule has 1 aromatic carbocycles. The van der Waals surface area contributed by atoms with Gasteiger partial charge in [-0.05, 0) is 18.6 Å². The topological polar surface area (TPSA) is 79.4 Å². The third-order valence-electron chi connectivity index (χ3n) is 3.41. The Labute approximate surface area is 122 Å². The lowest BCUT2D eigenvalue weighted by Gasteiger charge is -2.07. The lowest BCUT2D eigenvalue weighted by Crippen LogP contribution is -2.08. The molecule has 6 nitrogen and oxygen atoms in total. The van der Waals surface area contributed by atoms with E-state index in [9.17, 15) is 0 Å². The van der Waals surface area contributed by atoms with Gasteiger partial charge in [0.2, 0.25) is 0 Å². The molecule has 0 atom stereocenters. The average molecular weight is 278 g/mol. The molecule has 0 unspecified atom stereocenters. The zero-order chi connectivity index (χ0) is 14.8. The number of nitrogens with zero attached hydrogens (tertiary/aromatic N) is 5. The molecule has 0 saturated carbocycles. The largest absolute Gasteiger partial charge is 0.360 e. The summed E-state index contributed by atoms with van der Waals surface area (Å²) in [5.41, 5.74) is 3.56. The number of nitrogens with one attached hydrogen (secondary N) is 1. The molecule has 1 N–H and O–H groups in total. The molecule has 0 radical (unpaired) electrons. The fraction of sp³-hybridized carbons (Fsp3) is 0.200. The Hall–Kier alpha value is -2.94. The van der Waals surface area contributed by atoms with E-state index in [4.69, 9.17) is 5.26 Å². The van der Waals surface area contributed by atoms with Gasteiger partial charge in [0.1, 0.15) is 11.9 Å². The summed E-state index contributed by atoms with van der Waals surface area (Å²) in [6.07, 6.45) is 3.06. The quantitative estimate of drug-likeness (QED) is 0.794. The maximum atomic E-state index is 9.01. The molecule has 0 bridgehead atoms. The van der Waals surface area contributed by atoms with Crippen LogP contribution in [-0.4, -0.2) is 19.5 Å². The van der Waals surface area contributed by atoms with Crippen LogP contribution in [0, 0.1) is 18.3 Å². The number of aromatic nitrogens is 4. The van der Waals surface area contributed by atoms with E-state index in [2.05, 4.69) is 37.8 Å². The number of anilines is 1. The summed E-state index contributed by atoms with van der Waals surface area (Å²) in [6, 6.07) is 8.08. The van der Waals surface area contributed by atoms with E-state index in [-0.39, 0.29) is 5.69 Å². The van der Waals surface area contributed by atoms with Gasteiger partial charge >= 0.3 is 0 Å². The molecule has 2 aromatic heterocycles. The van der Waals surface area contributed by atoms with Crippen molar-refractivity contribution in [3.8, 4) is 6.07 Å². The van der Waals surface area contributed by atoms with Gasteiger partial charge in [-0.25, -0.2) is 15.0 Å². The highest BCUT2D eigenvalue weighted by Gasteiger charge is 2.10. The molecule has 0 amide bonds. The van der Waals surface area contributed by atoms with E-state index >= 15 is 0 Å². The van der Waals surface area contributed by atoms with Crippen LogP contribution in [0.1, 0.15) is 17.1 Å². The van der Waals surface area contributed by atoms with Crippen molar-refractivity contribution in [2.24, 2.45) is 7.05 Å². The number of nitriles is 1. The van der Waals surface area contributed by atoms with Crippen LogP contribution in [0.5, 0.6) is 0 Å². The highest BCUT2D eigenvalue weighted by atomic mass is 15.1. The van der Waals surface area contributed by atoms with Crippen molar-refractivity contribution in [2.45, 2.75) is 13.5 Å². The Morgan fingerprint density at radius 1 is 1.29 bits per heavy atom. The van der Waals surface area contributed by atoms with E-state index in [0.717, 1.165) is 16.9 Å². The summed E-state index contributed by atoms with van der Waals surface area (Å²) in [6.45, 7) is 2.55. The van der Waals surface area contributed by atoms with Gasteiger partial charge in [-0.15, -0.1) is 0 Å². The molecule has 6 heteroatoms. The molecule has 0 saturated heterocycles. The minimum atomic E-state index is 0.285. The molecular formula is C15H14N6. The lowest BCUT2D eigenvalue weighted by molar-refractivity contribution is 0.829. The summed E-state index contributed by atoms with van der Waals surface area (Å²) in [5, 5.41) is 12.1. The Morgan fingerprint density at radius 2 is 2.10 bits per heavy atom. The van der Waals surface area contributed by atoms with Crippen LogP contribution in [0.4, 0.5) is 5.82 Å². The van der Waals surface area contributed by atoms with Crippen molar-refractivity contribution in [1.82, 2.24) is 19.5 Å². The van der Waals surface area contributed by atoms with Gasteiger partial charge < -0.3 is 9.88 Å². The molecule has 0 aliphatic carbocycles. The second-order valence-corrected chi connectivity index (χ2v) is 4.75. The van der Waals surface area contributed by atoms with E-state index in [1.807, 2.05) is 25.2 Å². The average Bonchev–Trinajstić information content (AvgIpc) is 2.83. The van der Waals surface area contributed by atoms with E-state index < -0.39 is 0 Å². The first-order chi connectivity index (χ1) is 10.2. The summed E-state index contributed by atoms with van der Waals surface area (Å²) in [7, 11) is 1.99.